The van der Waals surface area contributed by atoms with E-state index in [4.69, 9.17) is 5.26 Å². The van der Waals surface area contributed by atoms with Crippen molar-refractivity contribution in [2.75, 3.05) is 3.93 Å². The Morgan fingerprint density at radius 1 is 1.45 bits per heavy atom. The minimum Gasteiger partial charge on any atom is -0.210 e. The SMILES string of the molecule is N#CN(Br)c1ccccc1F. The van der Waals surface area contributed by atoms with Crippen LogP contribution in [0.25, 0.3) is 0 Å². The van der Waals surface area contributed by atoms with Gasteiger partial charge in [0.25, 0.3) is 0 Å². The van der Waals surface area contributed by atoms with E-state index in [9.17, 15) is 4.39 Å². The first-order valence-corrected chi connectivity index (χ1v) is 3.57. The van der Waals surface area contributed by atoms with Crippen molar-refractivity contribution in [2.45, 2.75) is 0 Å². The summed E-state index contributed by atoms with van der Waals surface area (Å²) in [5, 5.41) is 8.38. The standard InChI is InChI=1S/C7H4BrFN2/c8-11(5-10)7-4-2-1-3-6(7)9/h1-4H. The van der Waals surface area contributed by atoms with E-state index < -0.39 is 5.82 Å². The fourth-order valence-electron chi connectivity index (χ4n) is 0.665. The van der Waals surface area contributed by atoms with Crippen LogP contribution in [-0.2, 0) is 0 Å². The van der Waals surface area contributed by atoms with Crippen LogP contribution in [0.5, 0.6) is 0 Å². The van der Waals surface area contributed by atoms with Crippen LogP contribution < -0.4 is 3.93 Å². The van der Waals surface area contributed by atoms with Gasteiger partial charge in [0.1, 0.15) is 5.82 Å². The number of hydrogen-bond acceptors (Lipinski definition) is 2. The average Bonchev–Trinajstić information content (AvgIpc) is 2.04. The van der Waals surface area contributed by atoms with Gasteiger partial charge in [-0.25, -0.2) is 8.32 Å². The van der Waals surface area contributed by atoms with E-state index >= 15 is 0 Å². The fraction of sp³-hybridized carbons (Fsp3) is 0. The molecule has 0 radical (unpaired) electrons. The number of nitrogens with zero attached hydrogens (tertiary/aromatic N) is 2. The molecule has 0 saturated carbocycles. The van der Waals surface area contributed by atoms with Gasteiger partial charge < -0.3 is 0 Å². The van der Waals surface area contributed by atoms with Crippen LogP contribution >= 0.6 is 16.1 Å². The van der Waals surface area contributed by atoms with Gasteiger partial charge in [-0.1, -0.05) is 12.1 Å². The van der Waals surface area contributed by atoms with Crippen molar-refractivity contribution in [3.05, 3.63) is 30.1 Å². The van der Waals surface area contributed by atoms with E-state index in [2.05, 4.69) is 16.1 Å². The maximum absolute atomic E-state index is 12.8. The summed E-state index contributed by atoms with van der Waals surface area (Å²) in [6.45, 7) is 0. The molecule has 0 spiro atoms. The zero-order valence-corrected chi connectivity index (χ0v) is 7.05. The lowest BCUT2D eigenvalue weighted by Gasteiger charge is -2.05. The summed E-state index contributed by atoms with van der Waals surface area (Å²) in [6.07, 6.45) is 1.73. The third kappa shape index (κ3) is 1.69. The molecule has 1 aromatic rings. The summed E-state index contributed by atoms with van der Waals surface area (Å²) >= 11 is 2.87. The normalized spacial score (nSPS) is 8.82. The first-order chi connectivity index (χ1) is 5.25. The highest BCUT2D eigenvalue weighted by molar-refractivity contribution is 9.10. The molecule has 0 amide bonds. The van der Waals surface area contributed by atoms with E-state index in [0.717, 1.165) is 3.93 Å². The highest BCUT2D eigenvalue weighted by atomic mass is 79.9. The highest BCUT2D eigenvalue weighted by Crippen LogP contribution is 2.20. The quantitative estimate of drug-likeness (QED) is 0.408. The van der Waals surface area contributed by atoms with Gasteiger partial charge in [0.15, 0.2) is 6.19 Å². The van der Waals surface area contributed by atoms with Gasteiger partial charge in [-0.15, -0.1) is 0 Å². The zero-order valence-electron chi connectivity index (χ0n) is 5.46. The van der Waals surface area contributed by atoms with Gasteiger partial charge in [-0.2, -0.15) is 5.26 Å². The van der Waals surface area contributed by atoms with Gasteiger partial charge in [0.2, 0.25) is 0 Å². The molecule has 0 bridgehead atoms. The number of hydrogen-bond donors (Lipinski definition) is 0. The Morgan fingerprint density at radius 2 is 2.09 bits per heavy atom. The van der Waals surface area contributed by atoms with E-state index in [1.807, 2.05) is 0 Å². The summed E-state index contributed by atoms with van der Waals surface area (Å²) in [5.74, 6) is -0.425. The van der Waals surface area contributed by atoms with E-state index in [-0.39, 0.29) is 5.69 Å². The molecule has 0 aliphatic heterocycles. The Hall–Kier alpha value is -1.08. The Labute approximate surface area is 72.2 Å². The molecule has 0 N–H and O–H groups in total. The molecular formula is C7H4BrFN2. The van der Waals surface area contributed by atoms with Crippen LogP contribution in [0.1, 0.15) is 0 Å². The lowest BCUT2D eigenvalue weighted by atomic mass is 10.3. The molecule has 0 aliphatic rings. The summed E-state index contributed by atoms with van der Waals surface area (Å²) in [7, 11) is 0. The Morgan fingerprint density at radius 3 is 2.64 bits per heavy atom. The molecule has 0 atom stereocenters. The van der Waals surface area contributed by atoms with Gasteiger partial charge in [-0.05, 0) is 12.1 Å². The average molecular weight is 215 g/mol. The summed E-state index contributed by atoms with van der Waals surface area (Å²) in [5.41, 5.74) is 0.218. The number of halogens is 2. The third-order valence-corrected chi connectivity index (χ3v) is 1.69. The lowest BCUT2D eigenvalue weighted by molar-refractivity contribution is 0.630. The lowest BCUT2D eigenvalue weighted by Crippen LogP contribution is -2.00. The monoisotopic (exact) mass is 214 g/mol. The van der Waals surface area contributed by atoms with Crippen LogP contribution in [0.4, 0.5) is 10.1 Å². The third-order valence-electron chi connectivity index (χ3n) is 1.15. The summed E-state index contributed by atoms with van der Waals surface area (Å²) in [6, 6.07) is 6.02. The summed E-state index contributed by atoms with van der Waals surface area (Å²) in [4.78, 5) is 0. The molecular weight excluding hydrogens is 211 g/mol. The minimum absolute atomic E-state index is 0.218. The van der Waals surface area contributed by atoms with Gasteiger partial charge in [0.05, 0.1) is 21.8 Å². The van der Waals surface area contributed by atoms with Crippen molar-refractivity contribution in [3.8, 4) is 6.19 Å². The first-order valence-electron chi connectivity index (χ1n) is 2.86. The molecule has 0 fully saturated rings. The molecule has 56 valence electrons. The molecule has 0 unspecified atom stereocenters. The van der Waals surface area contributed by atoms with E-state index in [1.54, 1.807) is 18.3 Å². The van der Waals surface area contributed by atoms with Crippen LogP contribution in [0.3, 0.4) is 0 Å². The second-order valence-corrected chi connectivity index (χ2v) is 2.54. The van der Waals surface area contributed by atoms with Crippen molar-refractivity contribution < 1.29 is 4.39 Å². The molecule has 2 nitrogen and oxygen atoms in total. The van der Waals surface area contributed by atoms with Crippen molar-refractivity contribution in [1.82, 2.24) is 0 Å². The molecule has 0 saturated heterocycles. The topological polar surface area (TPSA) is 27.0 Å². The number of para-hydroxylation sites is 1. The zero-order chi connectivity index (χ0) is 8.27. The first kappa shape index (κ1) is 8.02. The van der Waals surface area contributed by atoms with Gasteiger partial charge in [-0.3, -0.25) is 0 Å². The molecule has 0 aromatic heterocycles. The predicted octanol–water partition coefficient (Wildman–Crippen LogP) is 2.42. The Kier molecular flexibility index (Phi) is 2.44. The molecule has 1 aromatic carbocycles. The van der Waals surface area contributed by atoms with E-state index in [1.165, 1.54) is 12.1 Å². The molecule has 11 heavy (non-hydrogen) atoms. The maximum atomic E-state index is 12.8. The second-order valence-electron chi connectivity index (χ2n) is 1.83. The van der Waals surface area contributed by atoms with Crippen LogP contribution in [0.2, 0.25) is 0 Å². The van der Waals surface area contributed by atoms with Crippen LogP contribution in [-0.4, -0.2) is 0 Å². The molecule has 4 heteroatoms. The van der Waals surface area contributed by atoms with Crippen molar-refractivity contribution in [1.29, 1.82) is 5.26 Å². The number of benzene rings is 1. The number of rotatable bonds is 1. The van der Waals surface area contributed by atoms with Crippen molar-refractivity contribution >= 4 is 21.8 Å². The molecule has 1 rings (SSSR count). The highest BCUT2D eigenvalue weighted by Gasteiger charge is 2.05. The summed E-state index contributed by atoms with van der Waals surface area (Å²) < 4.78 is 13.8. The second kappa shape index (κ2) is 3.35. The number of nitriles is 1. The van der Waals surface area contributed by atoms with Crippen molar-refractivity contribution in [3.63, 3.8) is 0 Å². The smallest absolute Gasteiger partial charge is 0.195 e. The number of anilines is 1. The van der Waals surface area contributed by atoms with Crippen molar-refractivity contribution in [2.24, 2.45) is 0 Å². The van der Waals surface area contributed by atoms with Gasteiger partial charge in [0, 0.05) is 0 Å². The predicted molar refractivity (Wildman–Crippen MR) is 43.4 cm³/mol. The Balaban J connectivity index is 3.05. The Bertz CT molecular complexity index is 295. The van der Waals surface area contributed by atoms with E-state index in [0.29, 0.717) is 0 Å². The largest absolute Gasteiger partial charge is 0.210 e. The molecule has 0 aliphatic carbocycles. The van der Waals surface area contributed by atoms with Crippen LogP contribution in [0, 0.1) is 17.3 Å². The fourth-order valence-corrected chi connectivity index (χ4v) is 0.952. The molecule has 0 heterocycles. The van der Waals surface area contributed by atoms with Crippen LogP contribution in [0.15, 0.2) is 24.3 Å². The maximum Gasteiger partial charge on any atom is 0.195 e. The minimum atomic E-state index is -0.425. The van der Waals surface area contributed by atoms with Gasteiger partial charge >= 0.3 is 0 Å².